The van der Waals surface area contributed by atoms with Crippen molar-refractivity contribution < 1.29 is 5.11 Å². The third kappa shape index (κ3) is 5.52. The SMILES string of the molecule is CCC(CC)N(CCO)CCC(N)=S. The molecule has 3 nitrogen and oxygen atoms in total. The first-order valence-corrected chi connectivity index (χ1v) is 5.69. The normalized spacial score (nSPS) is 11.2. The lowest BCUT2D eigenvalue weighted by atomic mass is 10.1. The van der Waals surface area contributed by atoms with Crippen LogP contribution in [0, 0.1) is 0 Å². The van der Waals surface area contributed by atoms with Crippen molar-refractivity contribution in [2.45, 2.75) is 39.2 Å². The van der Waals surface area contributed by atoms with E-state index in [9.17, 15) is 0 Å². The van der Waals surface area contributed by atoms with E-state index in [4.69, 9.17) is 23.1 Å². The van der Waals surface area contributed by atoms with Crippen molar-refractivity contribution in [1.82, 2.24) is 4.90 Å². The summed E-state index contributed by atoms with van der Waals surface area (Å²) < 4.78 is 0. The standard InChI is InChI=1S/C10H22N2OS/c1-3-9(4-2)12(7-8-13)6-5-10(11)14/h9,13H,3-8H2,1-2H3,(H2,11,14). The molecule has 0 rings (SSSR count). The van der Waals surface area contributed by atoms with Crippen LogP contribution >= 0.6 is 12.2 Å². The van der Waals surface area contributed by atoms with Crippen molar-refractivity contribution in [3.8, 4) is 0 Å². The largest absolute Gasteiger partial charge is 0.395 e. The average Bonchev–Trinajstić information content (AvgIpc) is 2.15. The number of aliphatic hydroxyl groups is 1. The van der Waals surface area contributed by atoms with Gasteiger partial charge in [-0.1, -0.05) is 26.1 Å². The molecular weight excluding hydrogens is 196 g/mol. The zero-order valence-corrected chi connectivity index (χ0v) is 10.0. The highest BCUT2D eigenvalue weighted by molar-refractivity contribution is 7.80. The first-order valence-electron chi connectivity index (χ1n) is 5.28. The average molecular weight is 218 g/mol. The number of nitrogens with two attached hydrogens (primary N) is 1. The highest BCUT2D eigenvalue weighted by Gasteiger charge is 2.13. The lowest BCUT2D eigenvalue weighted by Gasteiger charge is -2.29. The fourth-order valence-electron chi connectivity index (χ4n) is 1.66. The second kappa shape index (κ2) is 8.15. The Bertz CT molecular complexity index is 160. The molecule has 0 aliphatic rings. The van der Waals surface area contributed by atoms with Gasteiger partial charge in [0.2, 0.25) is 0 Å². The molecular formula is C10H22N2OS. The molecule has 0 saturated heterocycles. The maximum atomic E-state index is 8.94. The van der Waals surface area contributed by atoms with Crippen molar-refractivity contribution in [1.29, 1.82) is 0 Å². The second-order valence-electron chi connectivity index (χ2n) is 3.45. The molecule has 0 spiro atoms. The van der Waals surface area contributed by atoms with Gasteiger partial charge in [-0.2, -0.15) is 0 Å². The number of thiocarbonyl (C=S) groups is 1. The van der Waals surface area contributed by atoms with E-state index in [2.05, 4.69) is 18.7 Å². The van der Waals surface area contributed by atoms with Crippen LogP contribution in [0.3, 0.4) is 0 Å². The predicted octanol–water partition coefficient (Wildman–Crippen LogP) is 1.15. The molecule has 0 saturated carbocycles. The van der Waals surface area contributed by atoms with Crippen LogP contribution in [0.25, 0.3) is 0 Å². The molecule has 3 N–H and O–H groups in total. The molecule has 0 aromatic carbocycles. The highest BCUT2D eigenvalue weighted by atomic mass is 32.1. The molecule has 84 valence electrons. The zero-order chi connectivity index (χ0) is 11.0. The van der Waals surface area contributed by atoms with Crippen molar-refractivity contribution in [3.63, 3.8) is 0 Å². The molecule has 14 heavy (non-hydrogen) atoms. The van der Waals surface area contributed by atoms with Gasteiger partial charge in [-0.15, -0.1) is 0 Å². The van der Waals surface area contributed by atoms with Gasteiger partial charge in [0.25, 0.3) is 0 Å². The molecule has 0 unspecified atom stereocenters. The van der Waals surface area contributed by atoms with Crippen LogP contribution in [0.1, 0.15) is 33.1 Å². The Morgan fingerprint density at radius 1 is 1.36 bits per heavy atom. The third-order valence-electron chi connectivity index (χ3n) is 2.49. The summed E-state index contributed by atoms with van der Waals surface area (Å²) in [5.74, 6) is 0. The minimum absolute atomic E-state index is 0.202. The highest BCUT2D eigenvalue weighted by Crippen LogP contribution is 2.08. The fraction of sp³-hybridized carbons (Fsp3) is 0.900. The summed E-state index contributed by atoms with van der Waals surface area (Å²) in [6, 6.07) is 0.538. The summed E-state index contributed by atoms with van der Waals surface area (Å²) in [6.07, 6.45) is 2.95. The van der Waals surface area contributed by atoms with Crippen molar-refractivity contribution in [2.24, 2.45) is 5.73 Å². The van der Waals surface area contributed by atoms with Gasteiger partial charge in [-0.05, 0) is 12.8 Å². The first kappa shape index (κ1) is 13.8. The maximum Gasteiger partial charge on any atom is 0.0740 e. The lowest BCUT2D eigenvalue weighted by molar-refractivity contribution is 0.147. The Balaban J connectivity index is 4.04. The van der Waals surface area contributed by atoms with Gasteiger partial charge < -0.3 is 10.8 Å². The van der Waals surface area contributed by atoms with Gasteiger partial charge in [-0.25, -0.2) is 0 Å². The van der Waals surface area contributed by atoms with Gasteiger partial charge in [0.1, 0.15) is 0 Å². The van der Waals surface area contributed by atoms with Crippen LogP contribution in [0.15, 0.2) is 0 Å². The maximum absolute atomic E-state index is 8.94. The summed E-state index contributed by atoms with van der Waals surface area (Å²) in [7, 11) is 0. The van der Waals surface area contributed by atoms with Crippen LogP contribution in [-0.4, -0.2) is 40.7 Å². The topological polar surface area (TPSA) is 49.5 Å². The van der Waals surface area contributed by atoms with Gasteiger partial charge in [-0.3, -0.25) is 4.90 Å². The minimum Gasteiger partial charge on any atom is -0.395 e. The van der Waals surface area contributed by atoms with E-state index in [0.29, 0.717) is 11.0 Å². The minimum atomic E-state index is 0.202. The second-order valence-corrected chi connectivity index (χ2v) is 3.97. The molecule has 4 heteroatoms. The van der Waals surface area contributed by atoms with Crippen LogP contribution in [0.2, 0.25) is 0 Å². The van der Waals surface area contributed by atoms with Crippen molar-refractivity contribution in [2.75, 3.05) is 19.7 Å². The van der Waals surface area contributed by atoms with Crippen LogP contribution in [0.5, 0.6) is 0 Å². The van der Waals surface area contributed by atoms with Crippen molar-refractivity contribution >= 4 is 17.2 Å². The Kier molecular flexibility index (Phi) is 8.04. The third-order valence-corrected chi connectivity index (χ3v) is 2.70. The summed E-state index contributed by atoms with van der Waals surface area (Å²) in [5.41, 5.74) is 5.46. The van der Waals surface area contributed by atoms with E-state index in [0.717, 1.165) is 32.4 Å². The molecule has 0 aliphatic carbocycles. The van der Waals surface area contributed by atoms with Gasteiger partial charge in [0.15, 0.2) is 0 Å². The Labute approximate surface area is 92.3 Å². The monoisotopic (exact) mass is 218 g/mol. The van der Waals surface area contributed by atoms with Gasteiger partial charge in [0.05, 0.1) is 11.6 Å². The van der Waals surface area contributed by atoms with E-state index >= 15 is 0 Å². The number of hydrogen-bond acceptors (Lipinski definition) is 3. The van der Waals surface area contributed by atoms with E-state index in [-0.39, 0.29) is 6.61 Å². The van der Waals surface area contributed by atoms with E-state index in [1.807, 2.05) is 0 Å². The molecule has 0 fully saturated rings. The van der Waals surface area contributed by atoms with Gasteiger partial charge in [0, 0.05) is 25.6 Å². The molecule has 0 radical (unpaired) electrons. The van der Waals surface area contributed by atoms with Crippen LogP contribution in [-0.2, 0) is 0 Å². The summed E-state index contributed by atoms with van der Waals surface area (Å²) in [4.78, 5) is 2.82. The Hall–Kier alpha value is -0.190. The molecule has 0 heterocycles. The number of rotatable bonds is 8. The van der Waals surface area contributed by atoms with E-state index < -0.39 is 0 Å². The van der Waals surface area contributed by atoms with Crippen molar-refractivity contribution in [3.05, 3.63) is 0 Å². The smallest absolute Gasteiger partial charge is 0.0740 e. The van der Waals surface area contributed by atoms with Crippen LogP contribution in [0.4, 0.5) is 0 Å². The predicted molar refractivity (Wildman–Crippen MR) is 64.4 cm³/mol. The summed E-state index contributed by atoms with van der Waals surface area (Å²) >= 11 is 4.85. The number of nitrogens with zero attached hydrogens (tertiary/aromatic N) is 1. The molecule has 0 aromatic heterocycles. The van der Waals surface area contributed by atoms with E-state index in [1.165, 1.54) is 0 Å². The number of hydrogen-bond donors (Lipinski definition) is 2. The van der Waals surface area contributed by atoms with Gasteiger partial charge >= 0.3 is 0 Å². The molecule has 0 atom stereocenters. The number of aliphatic hydroxyl groups excluding tert-OH is 1. The zero-order valence-electron chi connectivity index (χ0n) is 9.20. The summed E-state index contributed by atoms with van der Waals surface area (Å²) in [6.45, 7) is 6.11. The quantitative estimate of drug-likeness (QED) is 0.600. The first-order chi connectivity index (χ1) is 6.65. The molecule has 0 bridgehead atoms. The van der Waals surface area contributed by atoms with Crippen LogP contribution < -0.4 is 5.73 Å². The lowest BCUT2D eigenvalue weighted by Crippen LogP contribution is -2.38. The Morgan fingerprint density at radius 2 is 1.93 bits per heavy atom. The fourth-order valence-corrected chi connectivity index (χ4v) is 1.76. The molecule has 0 amide bonds. The van der Waals surface area contributed by atoms with E-state index in [1.54, 1.807) is 0 Å². The molecule has 0 aromatic rings. The molecule has 0 aliphatic heterocycles. The summed E-state index contributed by atoms with van der Waals surface area (Å²) in [5, 5.41) is 8.94. The Morgan fingerprint density at radius 3 is 2.29 bits per heavy atom.